The fourth-order valence-corrected chi connectivity index (χ4v) is 2.70. The van der Waals surface area contributed by atoms with Gasteiger partial charge >= 0.3 is 18.0 Å². The zero-order valence-corrected chi connectivity index (χ0v) is 18.0. The molecule has 0 aliphatic rings. The van der Waals surface area contributed by atoms with Crippen molar-refractivity contribution in [2.24, 2.45) is 11.8 Å². The van der Waals surface area contributed by atoms with Crippen LogP contribution in [0.4, 0.5) is 4.79 Å². The molecule has 0 spiro atoms. The number of nitrogens with one attached hydrogen (secondary N) is 2. The molecule has 30 heavy (non-hydrogen) atoms. The maximum absolute atomic E-state index is 12.7. The molecule has 0 heterocycles. The van der Waals surface area contributed by atoms with Crippen molar-refractivity contribution in [3.05, 3.63) is 35.9 Å². The summed E-state index contributed by atoms with van der Waals surface area (Å²) in [7, 11) is 2.42. The van der Waals surface area contributed by atoms with Crippen molar-refractivity contribution >= 4 is 23.9 Å². The van der Waals surface area contributed by atoms with Crippen LogP contribution in [0.15, 0.2) is 30.3 Å². The fraction of sp³-hybridized carbons (Fsp3) is 0.524. The lowest BCUT2D eigenvalue weighted by Gasteiger charge is -2.25. The zero-order chi connectivity index (χ0) is 22.7. The molecule has 9 heteroatoms. The molecule has 2 amide bonds. The van der Waals surface area contributed by atoms with Crippen LogP contribution < -0.4 is 10.6 Å². The molecule has 1 aromatic rings. The van der Waals surface area contributed by atoms with Crippen molar-refractivity contribution < 1.29 is 33.4 Å². The SMILES string of the molecule is COC(=O)[C@H](C)C[C@@H](NC(=O)[C@H](NC(=O)OCc1ccccc1)C(C)C)C(=O)OC. The molecule has 0 unspecified atom stereocenters. The Morgan fingerprint density at radius 3 is 2.03 bits per heavy atom. The minimum Gasteiger partial charge on any atom is -0.469 e. The van der Waals surface area contributed by atoms with Gasteiger partial charge in [-0.05, 0) is 17.9 Å². The normalized spacial score (nSPS) is 13.5. The van der Waals surface area contributed by atoms with E-state index in [1.165, 1.54) is 14.2 Å². The summed E-state index contributed by atoms with van der Waals surface area (Å²) < 4.78 is 14.5. The highest BCUT2D eigenvalue weighted by molar-refractivity contribution is 5.90. The van der Waals surface area contributed by atoms with Gasteiger partial charge < -0.3 is 24.8 Å². The molecule has 0 bridgehead atoms. The summed E-state index contributed by atoms with van der Waals surface area (Å²) in [6.45, 7) is 5.12. The smallest absolute Gasteiger partial charge is 0.408 e. The van der Waals surface area contributed by atoms with Crippen LogP contribution in [0.1, 0.15) is 32.8 Å². The van der Waals surface area contributed by atoms with Crippen LogP contribution in [0.3, 0.4) is 0 Å². The van der Waals surface area contributed by atoms with Gasteiger partial charge in [-0.3, -0.25) is 9.59 Å². The van der Waals surface area contributed by atoms with E-state index in [9.17, 15) is 19.2 Å². The van der Waals surface area contributed by atoms with Gasteiger partial charge in [0.2, 0.25) is 5.91 Å². The number of carbonyl (C=O) groups is 4. The summed E-state index contributed by atoms with van der Waals surface area (Å²) in [5.41, 5.74) is 0.806. The Morgan fingerprint density at radius 2 is 1.50 bits per heavy atom. The van der Waals surface area contributed by atoms with Crippen molar-refractivity contribution in [1.82, 2.24) is 10.6 Å². The third-order valence-electron chi connectivity index (χ3n) is 4.43. The summed E-state index contributed by atoms with van der Waals surface area (Å²) in [5.74, 6) is -2.73. The number of hydrogen-bond acceptors (Lipinski definition) is 7. The van der Waals surface area contributed by atoms with Crippen LogP contribution in [-0.2, 0) is 35.2 Å². The second kappa shape index (κ2) is 12.5. The van der Waals surface area contributed by atoms with Gasteiger partial charge in [-0.25, -0.2) is 9.59 Å². The molecular weight excluding hydrogens is 392 g/mol. The van der Waals surface area contributed by atoms with Gasteiger partial charge in [-0.1, -0.05) is 51.1 Å². The maximum atomic E-state index is 12.7. The van der Waals surface area contributed by atoms with Gasteiger partial charge in [0.15, 0.2) is 0 Å². The molecular formula is C21H30N2O7. The number of amides is 2. The van der Waals surface area contributed by atoms with Gasteiger partial charge in [-0.2, -0.15) is 0 Å². The summed E-state index contributed by atoms with van der Waals surface area (Å²) >= 11 is 0. The molecule has 0 radical (unpaired) electrons. The number of ether oxygens (including phenoxy) is 3. The van der Waals surface area contributed by atoms with E-state index in [0.29, 0.717) is 0 Å². The minimum absolute atomic E-state index is 0.00560. The number of carbonyl (C=O) groups excluding carboxylic acids is 4. The van der Waals surface area contributed by atoms with Gasteiger partial charge in [0.05, 0.1) is 20.1 Å². The Balaban J connectivity index is 2.75. The van der Waals surface area contributed by atoms with E-state index >= 15 is 0 Å². The first kappa shape index (κ1) is 24.9. The van der Waals surface area contributed by atoms with E-state index < -0.39 is 41.9 Å². The second-order valence-electron chi connectivity index (χ2n) is 7.17. The van der Waals surface area contributed by atoms with Crippen LogP contribution in [0.25, 0.3) is 0 Å². The highest BCUT2D eigenvalue weighted by Gasteiger charge is 2.32. The van der Waals surface area contributed by atoms with Crippen molar-refractivity contribution in [3.8, 4) is 0 Å². The lowest BCUT2D eigenvalue weighted by molar-refractivity contribution is -0.149. The van der Waals surface area contributed by atoms with Crippen molar-refractivity contribution in [2.75, 3.05) is 14.2 Å². The molecule has 0 aromatic heterocycles. The zero-order valence-electron chi connectivity index (χ0n) is 18.0. The molecule has 0 saturated heterocycles. The van der Waals surface area contributed by atoms with Crippen LogP contribution in [0.5, 0.6) is 0 Å². The first-order valence-corrected chi connectivity index (χ1v) is 9.62. The highest BCUT2D eigenvalue weighted by atomic mass is 16.5. The number of methoxy groups -OCH3 is 2. The van der Waals surface area contributed by atoms with Crippen molar-refractivity contribution in [2.45, 2.75) is 45.9 Å². The quantitative estimate of drug-likeness (QED) is 0.436. The maximum Gasteiger partial charge on any atom is 0.408 e. The molecule has 1 aromatic carbocycles. The van der Waals surface area contributed by atoms with E-state index in [1.54, 1.807) is 20.8 Å². The fourth-order valence-electron chi connectivity index (χ4n) is 2.70. The summed E-state index contributed by atoms with van der Waals surface area (Å²) in [6, 6.07) is 7.09. The molecule has 0 fully saturated rings. The standard InChI is InChI=1S/C21H30N2O7/c1-13(2)17(23-21(27)30-12-15-9-7-6-8-10-15)18(24)22-16(20(26)29-5)11-14(3)19(25)28-4/h6-10,13-14,16-17H,11-12H2,1-5H3,(H,22,24)(H,23,27)/t14-,16-,17-/m1/s1. The third-order valence-corrected chi connectivity index (χ3v) is 4.43. The summed E-state index contributed by atoms with van der Waals surface area (Å²) in [5, 5.41) is 5.07. The molecule has 2 N–H and O–H groups in total. The Bertz CT molecular complexity index is 721. The largest absolute Gasteiger partial charge is 0.469 e. The first-order valence-electron chi connectivity index (χ1n) is 9.62. The van der Waals surface area contributed by atoms with Crippen LogP contribution in [-0.4, -0.2) is 50.2 Å². The van der Waals surface area contributed by atoms with E-state index in [4.69, 9.17) is 9.47 Å². The van der Waals surface area contributed by atoms with Gasteiger partial charge in [0, 0.05) is 0 Å². The van der Waals surface area contributed by atoms with Gasteiger partial charge in [-0.15, -0.1) is 0 Å². The lowest BCUT2D eigenvalue weighted by atomic mass is 9.99. The van der Waals surface area contributed by atoms with Crippen molar-refractivity contribution in [3.63, 3.8) is 0 Å². The minimum atomic E-state index is -1.07. The van der Waals surface area contributed by atoms with E-state index in [2.05, 4.69) is 15.4 Å². The molecule has 0 aliphatic carbocycles. The van der Waals surface area contributed by atoms with Gasteiger partial charge in [0.25, 0.3) is 0 Å². The monoisotopic (exact) mass is 422 g/mol. The Kier molecular flexibility index (Phi) is 10.4. The molecule has 0 saturated carbocycles. The molecule has 3 atom stereocenters. The van der Waals surface area contributed by atoms with E-state index in [0.717, 1.165) is 5.56 Å². The number of rotatable bonds is 10. The summed E-state index contributed by atoms with van der Waals surface area (Å²) in [6.07, 6.45) is -0.765. The lowest BCUT2D eigenvalue weighted by Crippen LogP contribution is -2.54. The van der Waals surface area contributed by atoms with E-state index in [-0.39, 0.29) is 18.9 Å². The summed E-state index contributed by atoms with van der Waals surface area (Å²) in [4.78, 5) is 48.6. The molecule has 0 aliphatic heterocycles. The number of alkyl carbamates (subject to hydrolysis) is 1. The third kappa shape index (κ3) is 8.10. The number of benzene rings is 1. The Hall–Kier alpha value is -3.10. The average Bonchev–Trinajstić information content (AvgIpc) is 2.74. The van der Waals surface area contributed by atoms with Crippen molar-refractivity contribution in [1.29, 1.82) is 0 Å². The Labute approximate surface area is 176 Å². The van der Waals surface area contributed by atoms with E-state index in [1.807, 2.05) is 30.3 Å². The van der Waals surface area contributed by atoms with Crippen LogP contribution in [0, 0.1) is 11.8 Å². The first-order chi connectivity index (χ1) is 14.2. The van der Waals surface area contributed by atoms with Crippen LogP contribution in [0.2, 0.25) is 0 Å². The van der Waals surface area contributed by atoms with Gasteiger partial charge in [0.1, 0.15) is 18.7 Å². The number of esters is 2. The molecule has 166 valence electrons. The highest BCUT2D eigenvalue weighted by Crippen LogP contribution is 2.11. The predicted molar refractivity (Wildman–Crippen MR) is 108 cm³/mol. The molecule has 1 rings (SSSR count). The Morgan fingerprint density at radius 1 is 0.900 bits per heavy atom. The topological polar surface area (TPSA) is 120 Å². The second-order valence-corrected chi connectivity index (χ2v) is 7.17. The molecule has 9 nitrogen and oxygen atoms in total. The average molecular weight is 422 g/mol. The van der Waals surface area contributed by atoms with Crippen LogP contribution >= 0.6 is 0 Å². The predicted octanol–water partition coefficient (Wildman–Crippen LogP) is 1.79. The number of hydrogen-bond donors (Lipinski definition) is 2.